The molecule has 1 aliphatic rings. The summed E-state index contributed by atoms with van der Waals surface area (Å²) >= 11 is 3.26. The molecule has 0 aliphatic heterocycles. The second-order valence-corrected chi connectivity index (χ2v) is 4.98. The van der Waals surface area contributed by atoms with Crippen molar-refractivity contribution in [2.45, 2.75) is 38.6 Å². The van der Waals surface area contributed by atoms with Crippen LogP contribution in [0, 0.1) is 0 Å². The fourth-order valence-corrected chi connectivity index (χ4v) is 1.99. The Morgan fingerprint density at radius 3 is 2.73 bits per heavy atom. The summed E-state index contributed by atoms with van der Waals surface area (Å²) in [6.07, 6.45) is 2.33. The van der Waals surface area contributed by atoms with E-state index in [4.69, 9.17) is 0 Å². The van der Waals surface area contributed by atoms with Crippen LogP contribution in [0.1, 0.15) is 38.3 Å². The summed E-state index contributed by atoms with van der Waals surface area (Å²) in [6.45, 7) is 4.04. The Morgan fingerprint density at radius 1 is 1.53 bits per heavy atom. The van der Waals surface area contributed by atoms with Gasteiger partial charge in [0.05, 0.1) is 5.69 Å². The lowest BCUT2D eigenvalue weighted by Gasteiger charge is -2.09. The number of aromatic amines is 1. The van der Waals surface area contributed by atoms with Gasteiger partial charge in [-0.3, -0.25) is 9.78 Å². The van der Waals surface area contributed by atoms with E-state index in [1.807, 2.05) is 13.8 Å². The van der Waals surface area contributed by atoms with E-state index in [2.05, 4.69) is 31.2 Å². The number of aromatic nitrogens is 2. The average molecular weight is 272 g/mol. The molecule has 0 atom stereocenters. The minimum Gasteiger partial charge on any atom is -0.353 e. The van der Waals surface area contributed by atoms with Crippen LogP contribution in [0.15, 0.2) is 9.27 Å². The Hall–Kier alpha value is -0.840. The number of rotatable bonds is 3. The molecule has 0 amide bonds. The molecular weight excluding hydrogens is 258 g/mol. The van der Waals surface area contributed by atoms with Crippen molar-refractivity contribution in [3.05, 3.63) is 20.5 Å². The second-order valence-electron chi connectivity index (χ2n) is 4.19. The van der Waals surface area contributed by atoms with Gasteiger partial charge in [-0.05, 0) is 34.7 Å². The van der Waals surface area contributed by atoms with Gasteiger partial charge >= 0.3 is 0 Å². The van der Waals surface area contributed by atoms with E-state index < -0.39 is 0 Å². The smallest absolute Gasteiger partial charge is 0.266 e. The lowest BCUT2D eigenvalue weighted by atomic mass is 10.1. The minimum atomic E-state index is -0.114. The summed E-state index contributed by atoms with van der Waals surface area (Å²) in [5.74, 6) is 0.829. The van der Waals surface area contributed by atoms with Crippen molar-refractivity contribution in [1.29, 1.82) is 0 Å². The van der Waals surface area contributed by atoms with Gasteiger partial charge in [0.25, 0.3) is 5.56 Å². The van der Waals surface area contributed by atoms with E-state index in [1.165, 1.54) is 0 Å². The molecule has 0 saturated heterocycles. The normalized spacial score (nSPS) is 15.7. The van der Waals surface area contributed by atoms with Crippen molar-refractivity contribution >= 4 is 21.9 Å². The number of H-pyrrole nitrogens is 1. The van der Waals surface area contributed by atoms with E-state index in [0.29, 0.717) is 16.5 Å². The summed E-state index contributed by atoms with van der Waals surface area (Å²) in [5, 5.41) is 3.19. The molecule has 82 valence electrons. The summed E-state index contributed by atoms with van der Waals surface area (Å²) in [5.41, 5.74) is 0.693. The van der Waals surface area contributed by atoms with E-state index in [-0.39, 0.29) is 11.5 Å². The van der Waals surface area contributed by atoms with Crippen molar-refractivity contribution in [2.75, 3.05) is 5.32 Å². The van der Waals surface area contributed by atoms with Crippen LogP contribution in [-0.2, 0) is 0 Å². The highest BCUT2D eigenvalue weighted by Gasteiger charge is 2.22. The van der Waals surface area contributed by atoms with Crippen LogP contribution in [0.4, 0.5) is 5.95 Å². The molecule has 1 fully saturated rings. The monoisotopic (exact) mass is 271 g/mol. The summed E-state index contributed by atoms with van der Waals surface area (Å²) in [7, 11) is 0. The molecule has 5 heteroatoms. The van der Waals surface area contributed by atoms with Crippen LogP contribution in [0.2, 0.25) is 0 Å². The zero-order chi connectivity index (χ0) is 11.0. The van der Waals surface area contributed by atoms with Gasteiger partial charge in [0.15, 0.2) is 0 Å². The van der Waals surface area contributed by atoms with Crippen molar-refractivity contribution in [3.63, 3.8) is 0 Å². The highest BCUT2D eigenvalue weighted by molar-refractivity contribution is 9.10. The highest BCUT2D eigenvalue weighted by atomic mass is 79.9. The van der Waals surface area contributed by atoms with Gasteiger partial charge in [0.2, 0.25) is 5.95 Å². The van der Waals surface area contributed by atoms with Crippen LogP contribution in [0.5, 0.6) is 0 Å². The topological polar surface area (TPSA) is 57.8 Å². The van der Waals surface area contributed by atoms with Crippen molar-refractivity contribution in [1.82, 2.24) is 9.97 Å². The van der Waals surface area contributed by atoms with Crippen LogP contribution in [0.3, 0.4) is 0 Å². The molecule has 0 unspecified atom stereocenters. The lowest BCUT2D eigenvalue weighted by molar-refractivity contribution is 0.800. The zero-order valence-electron chi connectivity index (χ0n) is 8.80. The van der Waals surface area contributed by atoms with E-state index in [1.54, 1.807) is 0 Å². The van der Waals surface area contributed by atoms with Gasteiger partial charge in [-0.2, -0.15) is 0 Å². The van der Waals surface area contributed by atoms with Crippen molar-refractivity contribution < 1.29 is 0 Å². The molecule has 0 aromatic carbocycles. The third-order valence-electron chi connectivity index (χ3n) is 2.35. The average Bonchev–Trinajstić information content (AvgIpc) is 2.94. The summed E-state index contributed by atoms with van der Waals surface area (Å²) in [6, 6.07) is 0.495. The van der Waals surface area contributed by atoms with Crippen molar-refractivity contribution in [2.24, 2.45) is 0 Å². The Morgan fingerprint density at radius 2 is 2.20 bits per heavy atom. The largest absolute Gasteiger partial charge is 0.353 e. The Kier molecular flexibility index (Phi) is 2.82. The molecule has 2 rings (SSSR count). The summed E-state index contributed by atoms with van der Waals surface area (Å²) in [4.78, 5) is 18.7. The molecule has 0 spiro atoms. The van der Waals surface area contributed by atoms with Gasteiger partial charge in [-0.1, -0.05) is 13.8 Å². The fraction of sp³-hybridized carbons (Fsp3) is 0.600. The van der Waals surface area contributed by atoms with Gasteiger partial charge in [-0.15, -0.1) is 0 Å². The minimum absolute atomic E-state index is 0.114. The molecule has 2 N–H and O–H groups in total. The van der Waals surface area contributed by atoms with Gasteiger partial charge in [0, 0.05) is 6.04 Å². The molecule has 15 heavy (non-hydrogen) atoms. The summed E-state index contributed by atoms with van der Waals surface area (Å²) < 4.78 is 0.541. The lowest BCUT2D eigenvalue weighted by Crippen LogP contribution is -2.17. The third-order valence-corrected chi connectivity index (χ3v) is 3.12. The number of hydrogen-bond acceptors (Lipinski definition) is 3. The van der Waals surface area contributed by atoms with E-state index in [0.717, 1.165) is 18.5 Å². The highest BCUT2D eigenvalue weighted by Crippen LogP contribution is 2.24. The first-order chi connectivity index (χ1) is 7.08. The maximum absolute atomic E-state index is 11.6. The number of nitrogens with zero attached hydrogens (tertiary/aromatic N) is 1. The molecule has 0 bridgehead atoms. The zero-order valence-corrected chi connectivity index (χ0v) is 10.4. The third kappa shape index (κ3) is 2.40. The van der Waals surface area contributed by atoms with E-state index in [9.17, 15) is 4.79 Å². The predicted octanol–water partition coefficient (Wildman–Crippen LogP) is 2.23. The number of nitrogens with one attached hydrogen (secondary N) is 2. The standard InChI is InChI=1S/C10H14BrN3O/c1-5(2)8-7(11)9(15)14-10(13-8)12-6-3-4-6/h5-6H,3-4H2,1-2H3,(H2,12,13,14,15). The molecule has 1 heterocycles. The van der Waals surface area contributed by atoms with E-state index >= 15 is 0 Å². The van der Waals surface area contributed by atoms with Gasteiger partial charge in [0.1, 0.15) is 4.47 Å². The first-order valence-corrected chi connectivity index (χ1v) is 5.93. The molecule has 1 aromatic heterocycles. The van der Waals surface area contributed by atoms with Crippen LogP contribution >= 0.6 is 15.9 Å². The first-order valence-electron chi connectivity index (χ1n) is 5.14. The van der Waals surface area contributed by atoms with Crippen LogP contribution in [-0.4, -0.2) is 16.0 Å². The number of hydrogen-bond donors (Lipinski definition) is 2. The fourth-order valence-electron chi connectivity index (χ4n) is 1.35. The number of halogens is 1. The maximum atomic E-state index is 11.6. The molecule has 4 nitrogen and oxygen atoms in total. The molecule has 1 aliphatic carbocycles. The maximum Gasteiger partial charge on any atom is 0.266 e. The molecule has 1 saturated carbocycles. The Balaban J connectivity index is 2.35. The van der Waals surface area contributed by atoms with Gasteiger partial charge in [-0.25, -0.2) is 4.98 Å². The molecular formula is C10H14BrN3O. The van der Waals surface area contributed by atoms with Crippen molar-refractivity contribution in [3.8, 4) is 0 Å². The van der Waals surface area contributed by atoms with Gasteiger partial charge < -0.3 is 5.32 Å². The molecule has 1 aromatic rings. The molecule has 0 radical (unpaired) electrons. The SMILES string of the molecule is CC(C)c1nc(NC2CC2)[nH]c(=O)c1Br. The Bertz CT molecular complexity index is 423. The second kappa shape index (κ2) is 3.96. The van der Waals surface area contributed by atoms with Crippen LogP contribution in [0.25, 0.3) is 0 Å². The Labute approximate surface area is 96.6 Å². The quantitative estimate of drug-likeness (QED) is 0.887. The predicted molar refractivity (Wildman–Crippen MR) is 63.3 cm³/mol. The number of anilines is 1. The first kappa shape index (κ1) is 10.7. The van der Waals surface area contributed by atoms with Crippen LogP contribution < -0.4 is 10.9 Å².